The van der Waals surface area contributed by atoms with Gasteiger partial charge in [0.25, 0.3) is 0 Å². The summed E-state index contributed by atoms with van der Waals surface area (Å²) >= 11 is 3.72. The summed E-state index contributed by atoms with van der Waals surface area (Å²) in [6.07, 6.45) is 13.9. The van der Waals surface area contributed by atoms with Crippen LogP contribution in [0.5, 0.6) is 0 Å². The molecule has 0 fully saturated rings. The van der Waals surface area contributed by atoms with Gasteiger partial charge >= 0.3 is 6.18 Å². The van der Waals surface area contributed by atoms with Gasteiger partial charge in [-0.2, -0.15) is 13.2 Å². The Morgan fingerprint density at radius 1 is 0.500 bits per heavy atom. The summed E-state index contributed by atoms with van der Waals surface area (Å²) in [6.45, 7) is 0.761. The normalized spacial score (nSPS) is 12.0. The molecule has 0 aliphatic heterocycles. The number of halogens is 3. The zero-order valence-electron chi connectivity index (χ0n) is 15.2. The molecule has 0 radical (unpaired) electrons. The summed E-state index contributed by atoms with van der Waals surface area (Å²) in [5.74, 6) is 0. The predicted molar refractivity (Wildman–Crippen MR) is 99.5 cm³/mol. The van der Waals surface area contributed by atoms with Crippen molar-refractivity contribution >= 4 is 12.9 Å². The van der Waals surface area contributed by atoms with Gasteiger partial charge in [0.2, 0.25) is 0 Å². The summed E-state index contributed by atoms with van der Waals surface area (Å²) in [6, 6.07) is 0. The monoisotopic (exact) mass is 370 g/mol. The van der Waals surface area contributed by atoms with Crippen molar-refractivity contribution in [1.82, 2.24) is 0 Å². The van der Waals surface area contributed by atoms with E-state index in [1.165, 1.54) is 70.6 Å². The van der Waals surface area contributed by atoms with Crippen LogP contribution in [-0.4, -0.2) is 12.8 Å². The molecule has 0 aromatic heterocycles. The quantitative estimate of drug-likeness (QED) is 0.146. The van der Waals surface area contributed by atoms with Crippen LogP contribution in [0.4, 0.5) is 13.2 Å². The molecule has 0 amide bonds. The van der Waals surface area contributed by atoms with E-state index in [1.54, 1.807) is 0 Å². The topological polar surface area (TPSA) is 9.23 Å². The van der Waals surface area contributed by atoms with Crippen LogP contribution in [0.2, 0.25) is 0 Å². The van der Waals surface area contributed by atoms with Crippen molar-refractivity contribution < 1.29 is 17.4 Å². The highest BCUT2D eigenvalue weighted by Crippen LogP contribution is 2.23. The SMILES string of the molecule is FC(F)(F)CCCCCCCCCCCCCCCCCCOS. The van der Waals surface area contributed by atoms with E-state index < -0.39 is 12.6 Å². The molecule has 0 spiro atoms. The molecule has 0 rings (SSSR count). The molecule has 5 heteroatoms. The molecule has 0 N–H and O–H groups in total. The molecule has 0 saturated heterocycles. The maximum atomic E-state index is 12.0. The van der Waals surface area contributed by atoms with Crippen molar-refractivity contribution in [2.75, 3.05) is 6.61 Å². The van der Waals surface area contributed by atoms with Crippen molar-refractivity contribution in [3.63, 3.8) is 0 Å². The van der Waals surface area contributed by atoms with Gasteiger partial charge in [-0.3, -0.25) is 0 Å². The number of rotatable bonds is 18. The fraction of sp³-hybridized carbons (Fsp3) is 1.00. The fourth-order valence-corrected chi connectivity index (χ4v) is 3.10. The summed E-state index contributed by atoms with van der Waals surface area (Å²) in [7, 11) is 0. The van der Waals surface area contributed by atoms with Crippen LogP contribution in [0.25, 0.3) is 0 Å². The Kier molecular flexibility index (Phi) is 18.0. The minimum Gasteiger partial charge on any atom is -0.319 e. The van der Waals surface area contributed by atoms with Crippen LogP contribution in [0.15, 0.2) is 0 Å². The molecule has 0 heterocycles. The molecule has 0 aromatic rings. The first-order valence-electron chi connectivity index (χ1n) is 9.89. The van der Waals surface area contributed by atoms with Gasteiger partial charge < -0.3 is 4.18 Å². The Morgan fingerprint density at radius 3 is 1.08 bits per heavy atom. The molecule has 0 saturated carbocycles. The lowest BCUT2D eigenvalue weighted by Crippen LogP contribution is -2.06. The molecule has 24 heavy (non-hydrogen) atoms. The highest BCUT2D eigenvalue weighted by atomic mass is 32.1. The van der Waals surface area contributed by atoms with E-state index in [0.29, 0.717) is 6.42 Å². The second-order valence-corrected chi connectivity index (χ2v) is 7.11. The average molecular weight is 371 g/mol. The first-order valence-corrected chi connectivity index (χ1v) is 10.3. The van der Waals surface area contributed by atoms with Crippen LogP contribution >= 0.6 is 12.9 Å². The molecule has 0 aromatic carbocycles. The van der Waals surface area contributed by atoms with Crippen molar-refractivity contribution in [3.05, 3.63) is 0 Å². The predicted octanol–water partition coefficient (Wildman–Crippen LogP) is 8.04. The van der Waals surface area contributed by atoms with E-state index in [-0.39, 0.29) is 0 Å². The number of alkyl halides is 3. The Hall–Kier alpha value is 0.100. The average Bonchev–Trinajstić information content (AvgIpc) is 2.52. The third kappa shape index (κ3) is 22.1. The second kappa shape index (κ2) is 17.9. The van der Waals surface area contributed by atoms with Gasteiger partial charge in [0.15, 0.2) is 0 Å². The first-order chi connectivity index (χ1) is 11.6. The minimum atomic E-state index is -3.97. The Balaban J connectivity index is 3.00. The molecule has 1 nitrogen and oxygen atoms in total. The Morgan fingerprint density at radius 2 is 0.792 bits per heavy atom. The molecule has 0 unspecified atom stereocenters. The minimum absolute atomic E-state index is 0.298. The third-order valence-corrected chi connectivity index (χ3v) is 4.63. The van der Waals surface area contributed by atoms with Crippen molar-refractivity contribution in [2.45, 2.75) is 115 Å². The fourth-order valence-electron chi connectivity index (χ4n) is 2.97. The van der Waals surface area contributed by atoms with E-state index in [2.05, 4.69) is 12.9 Å². The van der Waals surface area contributed by atoms with Crippen molar-refractivity contribution in [3.8, 4) is 0 Å². The largest absolute Gasteiger partial charge is 0.389 e. The van der Waals surface area contributed by atoms with E-state index in [0.717, 1.165) is 32.3 Å². The summed E-state index contributed by atoms with van der Waals surface area (Å²) < 4.78 is 40.6. The van der Waals surface area contributed by atoms with Gasteiger partial charge in [-0.15, -0.1) is 0 Å². The molecule has 0 bridgehead atoms. The molecular weight excluding hydrogens is 333 g/mol. The van der Waals surface area contributed by atoms with Crippen LogP contribution in [0.3, 0.4) is 0 Å². The first kappa shape index (κ1) is 24.1. The van der Waals surface area contributed by atoms with Crippen LogP contribution in [0, 0.1) is 0 Å². The molecule has 146 valence electrons. The maximum Gasteiger partial charge on any atom is 0.389 e. The van der Waals surface area contributed by atoms with Gasteiger partial charge in [-0.1, -0.05) is 89.9 Å². The second-order valence-electron chi connectivity index (χ2n) is 6.86. The number of hydrogen-bond acceptors (Lipinski definition) is 2. The molecular formula is C19H37F3OS. The Labute approximate surface area is 152 Å². The summed E-state index contributed by atoms with van der Waals surface area (Å²) in [4.78, 5) is 0. The smallest absolute Gasteiger partial charge is 0.319 e. The van der Waals surface area contributed by atoms with Gasteiger partial charge in [0.1, 0.15) is 0 Å². The standard InChI is InChI=1S/C19H37F3OS/c20-19(21,22)17-15-13-11-9-7-5-3-1-2-4-6-8-10-12-14-16-18-23-24/h24H,1-18H2. The lowest BCUT2D eigenvalue weighted by Gasteiger charge is -2.05. The molecule has 0 aliphatic rings. The van der Waals surface area contributed by atoms with Gasteiger partial charge in [0, 0.05) is 6.42 Å². The summed E-state index contributed by atoms with van der Waals surface area (Å²) in [5, 5.41) is 0. The van der Waals surface area contributed by atoms with E-state index >= 15 is 0 Å². The van der Waals surface area contributed by atoms with Crippen LogP contribution in [0.1, 0.15) is 109 Å². The summed E-state index contributed by atoms with van der Waals surface area (Å²) in [5.41, 5.74) is 0. The molecule has 0 atom stereocenters. The van der Waals surface area contributed by atoms with E-state index in [1.807, 2.05) is 0 Å². The highest BCUT2D eigenvalue weighted by Gasteiger charge is 2.25. The van der Waals surface area contributed by atoms with Crippen LogP contribution < -0.4 is 0 Å². The van der Waals surface area contributed by atoms with E-state index in [9.17, 15) is 13.2 Å². The van der Waals surface area contributed by atoms with Crippen molar-refractivity contribution in [2.24, 2.45) is 0 Å². The highest BCUT2D eigenvalue weighted by molar-refractivity contribution is 7.75. The zero-order valence-corrected chi connectivity index (χ0v) is 16.1. The van der Waals surface area contributed by atoms with Crippen molar-refractivity contribution in [1.29, 1.82) is 0 Å². The third-order valence-electron chi connectivity index (χ3n) is 4.45. The van der Waals surface area contributed by atoms with E-state index in [4.69, 9.17) is 4.18 Å². The Bertz CT molecular complexity index is 247. The van der Waals surface area contributed by atoms with Gasteiger partial charge in [-0.05, 0) is 25.8 Å². The number of hydrogen-bond donors (Lipinski definition) is 1. The molecule has 0 aliphatic carbocycles. The maximum absolute atomic E-state index is 12.0. The number of unbranched alkanes of at least 4 members (excludes halogenated alkanes) is 15. The number of thiol groups is 1. The van der Waals surface area contributed by atoms with Crippen LogP contribution in [-0.2, 0) is 4.18 Å². The zero-order chi connectivity index (χ0) is 17.9. The van der Waals surface area contributed by atoms with Gasteiger partial charge in [0.05, 0.1) is 6.61 Å². The lowest BCUT2D eigenvalue weighted by molar-refractivity contribution is -0.135. The lowest BCUT2D eigenvalue weighted by atomic mass is 10.0. The van der Waals surface area contributed by atoms with Gasteiger partial charge in [-0.25, -0.2) is 0 Å².